The number of carbonyl (C=O) groups is 2. The number of hydrogen-bond acceptors (Lipinski definition) is 3. The van der Waals surface area contributed by atoms with Crippen molar-refractivity contribution in [3.63, 3.8) is 0 Å². The molecule has 1 aliphatic heterocycles. The Hall–Kier alpha value is -1.88. The Bertz CT molecular complexity index is 636. The monoisotopic (exact) mass is 373 g/mol. The van der Waals surface area contributed by atoms with Crippen LogP contribution >= 0.6 is 0 Å². The zero-order valence-corrected chi connectivity index (χ0v) is 17.5. The van der Waals surface area contributed by atoms with Gasteiger partial charge in [0.15, 0.2) is 0 Å². The average Bonchev–Trinajstić information content (AvgIpc) is 2.61. The third-order valence-electron chi connectivity index (χ3n) is 5.36. The fourth-order valence-electron chi connectivity index (χ4n) is 4.05. The number of aryl methyl sites for hydroxylation is 1. The van der Waals surface area contributed by atoms with E-state index < -0.39 is 0 Å². The summed E-state index contributed by atoms with van der Waals surface area (Å²) in [7, 11) is 0. The maximum absolute atomic E-state index is 13.1. The first-order valence-corrected chi connectivity index (χ1v) is 10.2. The van der Waals surface area contributed by atoms with Gasteiger partial charge in [-0.3, -0.25) is 14.5 Å². The Morgan fingerprint density at radius 3 is 2.44 bits per heavy atom. The summed E-state index contributed by atoms with van der Waals surface area (Å²) in [6, 6.07) is 7.46. The molecular weight excluding hydrogens is 338 g/mol. The molecule has 0 aliphatic carbocycles. The van der Waals surface area contributed by atoms with Crippen LogP contribution in [-0.4, -0.2) is 53.8 Å². The fraction of sp³-hybridized carbons (Fsp3) is 0.636. The van der Waals surface area contributed by atoms with Crippen molar-refractivity contribution in [2.24, 2.45) is 11.8 Å². The number of benzene rings is 1. The molecule has 2 amide bonds. The second-order valence-corrected chi connectivity index (χ2v) is 8.20. The molecule has 27 heavy (non-hydrogen) atoms. The second kappa shape index (κ2) is 9.88. The number of piperidine rings is 1. The molecule has 5 nitrogen and oxygen atoms in total. The SMILES string of the molecule is CCCN(CC(=O)Nc1ccccc1C)C(C)C(=O)N1CC(C)CC(C)C1. The lowest BCUT2D eigenvalue weighted by atomic mass is 9.91. The molecule has 2 rings (SSSR count). The zero-order valence-electron chi connectivity index (χ0n) is 17.5. The first-order valence-electron chi connectivity index (χ1n) is 10.2. The summed E-state index contributed by atoms with van der Waals surface area (Å²) in [4.78, 5) is 29.6. The molecule has 1 saturated heterocycles. The van der Waals surface area contributed by atoms with E-state index in [0.29, 0.717) is 11.8 Å². The second-order valence-electron chi connectivity index (χ2n) is 8.20. The number of rotatable bonds is 7. The van der Waals surface area contributed by atoms with E-state index in [-0.39, 0.29) is 24.4 Å². The average molecular weight is 374 g/mol. The van der Waals surface area contributed by atoms with Crippen molar-refractivity contribution in [3.8, 4) is 0 Å². The Balaban J connectivity index is 2.01. The van der Waals surface area contributed by atoms with E-state index in [1.54, 1.807) is 0 Å². The van der Waals surface area contributed by atoms with Gasteiger partial charge in [0, 0.05) is 18.8 Å². The zero-order chi connectivity index (χ0) is 20.0. The van der Waals surface area contributed by atoms with Crippen molar-refractivity contribution in [1.29, 1.82) is 0 Å². The third kappa shape index (κ3) is 6.06. The van der Waals surface area contributed by atoms with Gasteiger partial charge in [-0.05, 0) is 56.7 Å². The summed E-state index contributed by atoms with van der Waals surface area (Å²) >= 11 is 0. The highest BCUT2D eigenvalue weighted by molar-refractivity contribution is 5.93. The van der Waals surface area contributed by atoms with E-state index in [1.807, 2.05) is 47.9 Å². The van der Waals surface area contributed by atoms with Crippen molar-refractivity contribution < 1.29 is 9.59 Å². The molecule has 0 bridgehead atoms. The van der Waals surface area contributed by atoms with Gasteiger partial charge >= 0.3 is 0 Å². The molecule has 3 unspecified atom stereocenters. The van der Waals surface area contributed by atoms with Crippen LogP contribution in [-0.2, 0) is 9.59 Å². The van der Waals surface area contributed by atoms with E-state index in [2.05, 4.69) is 26.1 Å². The number of likely N-dealkylation sites (tertiary alicyclic amines) is 1. The molecular formula is C22H35N3O2. The molecule has 0 saturated carbocycles. The van der Waals surface area contributed by atoms with Gasteiger partial charge < -0.3 is 10.2 Å². The number of para-hydroxylation sites is 1. The molecule has 1 aliphatic rings. The van der Waals surface area contributed by atoms with Crippen LogP contribution in [0.15, 0.2) is 24.3 Å². The number of nitrogens with one attached hydrogen (secondary N) is 1. The Morgan fingerprint density at radius 2 is 1.85 bits per heavy atom. The van der Waals surface area contributed by atoms with Gasteiger partial charge in [-0.15, -0.1) is 0 Å². The van der Waals surface area contributed by atoms with Crippen molar-refractivity contribution >= 4 is 17.5 Å². The fourth-order valence-corrected chi connectivity index (χ4v) is 4.05. The Labute approximate surface area is 164 Å². The van der Waals surface area contributed by atoms with Crippen LogP contribution in [0.1, 0.15) is 46.1 Å². The minimum atomic E-state index is -0.287. The predicted molar refractivity (Wildman–Crippen MR) is 111 cm³/mol. The van der Waals surface area contributed by atoms with E-state index in [4.69, 9.17) is 0 Å². The highest BCUT2D eigenvalue weighted by atomic mass is 16.2. The quantitative estimate of drug-likeness (QED) is 0.795. The van der Waals surface area contributed by atoms with Crippen LogP contribution in [0, 0.1) is 18.8 Å². The molecule has 1 N–H and O–H groups in total. The summed E-state index contributed by atoms with van der Waals surface area (Å²) in [5.41, 5.74) is 1.87. The van der Waals surface area contributed by atoms with E-state index in [9.17, 15) is 9.59 Å². The van der Waals surface area contributed by atoms with E-state index in [0.717, 1.165) is 37.3 Å². The molecule has 0 radical (unpaired) electrons. The van der Waals surface area contributed by atoms with Crippen molar-refractivity contribution in [2.75, 3.05) is 31.5 Å². The highest BCUT2D eigenvalue weighted by Gasteiger charge is 2.31. The lowest BCUT2D eigenvalue weighted by Gasteiger charge is -2.38. The maximum Gasteiger partial charge on any atom is 0.239 e. The molecule has 1 aromatic carbocycles. The molecule has 0 spiro atoms. The molecule has 0 aromatic heterocycles. The molecule has 150 valence electrons. The van der Waals surface area contributed by atoms with Crippen molar-refractivity contribution in [1.82, 2.24) is 9.80 Å². The summed E-state index contributed by atoms with van der Waals surface area (Å²) in [5, 5.41) is 2.98. The van der Waals surface area contributed by atoms with Gasteiger partial charge in [-0.2, -0.15) is 0 Å². The summed E-state index contributed by atoms with van der Waals surface area (Å²) < 4.78 is 0. The molecule has 1 heterocycles. The van der Waals surface area contributed by atoms with Crippen LogP contribution in [0.5, 0.6) is 0 Å². The Kier molecular flexibility index (Phi) is 7.84. The number of carbonyl (C=O) groups excluding carboxylic acids is 2. The van der Waals surface area contributed by atoms with Crippen molar-refractivity contribution in [3.05, 3.63) is 29.8 Å². The minimum absolute atomic E-state index is 0.0715. The standard InChI is InChI=1S/C22H35N3O2/c1-6-11-24(15-21(26)23-20-10-8-7-9-18(20)4)19(5)22(27)25-13-16(2)12-17(3)14-25/h7-10,16-17,19H,6,11-15H2,1-5H3,(H,23,26). The number of anilines is 1. The third-order valence-corrected chi connectivity index (χ3v) is 5.36. The van der Waals surface area contributed by atoms with Crippen LogP contribution in [0.2, 0.25) is 0 Å². The van der Waals surface area contributed by atoms with Gasteiger partial charge in [0.2, 0.25) is 11.8 Å². The molecule has 5 heteroatoms. The van der Waals surface area contributed by atoms with Gasteiger partial charge in [-0.25, -0.2) is 0 Å². The number of hydrogen-bond donors (Lipinski definition) is 1. The largest absolute Gasteiger partial charge is 0.341 e. The summed E-state index contributed by atoms with van der Waals surface area (Å²) in [6.07, 6.45) is 2.08. The summed E-state index contributed by atoms with van der Waals surface area (Å²) in [5.74, 6) is 1.14. The lowest BCUT2D eigenvalue weighted by molar-refractivity contribution is -0.139. The normalized spacial score (nSPS) is 21.2. The first kappa shape index (κ1) is 21.4. The van der Waals surface area contributed by atoms with E-state index >= 15 is 0 Å². The summed E-state index contributed by atoms with van der Waals surface area (Å²) in [6.45, 7) is 13.0. The van der Waals surface area contributed by atoms with Gasteiger partial charge in [0.1, 0.15) is 0 Å². The predicted octanol–water partition coefficient (Wildman–Crippen LogP) is 3.54. The van der Waals surface area contributed by atoms with Gasteiger partial charge in [0.05, 0.1) is 12.6 Å². The molecule has 1 aromatic rings. The van der Waals surface area contributed by atoms with Crippen LogP contribution in [0.3, 0.4) is 0 Å². The first-order chi connectivity index (χ1) is 12.8. The molecule has 1 fully saturated rings. The topological polar surface area (TPSA) is 52.7 Å². The number of nitrogens with zero attached hydrogens (tertiary/aromatic N) is 2. The lowest BCUT2D eigenvalue weighted by Crippen LogP contribution is -2.52. The van der Waals surface area contributed by atoms with Crippen LogP contribution in [0.25, 0.3) is 0 Å². The van der Waals surface area contributed by atoms with Crippen LogP contribution in [0.4, 0.5) is 5.69 Å². The van der Waals surface area contributed by atoms with E-state index in [1.165, 1.54) is 6.42 Å². The van der Waals surface area contributed by atoms with Gasteiger partial charge in [-0.1, -0.05) is 39.0 Å². The highest BCUT2D eigenvalue weighted by Crippen LogP contribution is 2.22. The maximum atomic E-state index is 13.1. The van der Waals surface area contributed by atoms with Gasteiger partial charge in [0.25, 0.3) is 0 Å². The minimum Gasteiger partial charge on any atom is -0.341 e. The molecule has 3 atom stereocenters. The van der Waals surface area contributed by atoms with Crippen molar-refractivity contribution in [2.45, 2.75) is 53.5 Å². The smallest absolute Gasteiger partial charge is 0.239 e. The Morgan fingerprint density at radius 1 is 1.22 bits per heavy atom. The number of amides is 2. The van der Waals surface area contributed by atoms with Crippen LogP contribution < -0.4 is 5.32 Å².